The van der Waals surface area contributed by atoms with E-state index in [0.717, 1.165) is 25.2 Å². The molecule has 9 heteroatoms. The summed E-state index contributed by atoms with van der Waals surface area (Å²) < 4.78 is 23.4. The third-order valence-electron chi connectivity index (χ3n) is 5.69. The molecule has 0 bridgehead atoms. The molecule has 1 aromatic carbocycles. The first-order valence-corrected chi connectivity index (χ1v) is 11.3. The summed E-state index contributed by atoms with van der Waals surface area (Å²) in [5, 5.41) is 6.06. The Morgan fingerprint density at radius 3 is 2.25 bits per heavy atom. The summed E-state index contributed by atoms with van der Waals surface area (Å²) in [5.74, 6) is -0.363. The number of hydrogen-bond acceptors (Lipinski definition) is 5. The quantitative estimate of drug-likeness (QED) is 0.690. The van der Waals surface area contributed by atoms with Crippen molar-refractivity contribution in [2.45, 2.75) is 43.5 Å². The van der Waals surface area contributed by atoms with Gasteiger partial charge in [-0.05, 0) is 63.0 Å². The van der Waals surface area contributed by atoms with Gasteiger partial charge in [-0.2, -0.15) is 0 Å². The van der Waals surface area contributed by atoms with E-state index < -0.39 is 14.6 Å². The number of likely N-dealkylation sites (tertiary alicyclic amines) is 1. The van der Waals surface area contributed by atoms with E-state index in [2.05, 4.69) is 21.6 Å². The van der Waals surface area contributed by atoms with Crippen molar-refractivity contribution in [1.29, 1.82) is 0 Å². The van der Waals surface area contributed by atoms with Gasteiger partial charge in [0.05, 0.1) is 0 Å². The highest BCUT2D eigenvalue weighted by atomic mass is 35.5. The maximum atomic E-state index is 12.9. The van der Waals surface area contributed by atoms with Crippen LogP contribution in [0.4, 0.5) is 0 Å². The molecule has 0 radical (unpaired) electrons. The number of rotatable bonds is 6. The average molecular weight is 452 g/mol. The topological polar surface area (TPSA) is 78.5 Å². The SMILES string of the molecule is CS(=O)(=O)C1(C(=O)NCc2ccccc2CN2CCCC2)CCNCC1.Cl.Cl. The van der Waals surface area contributed by atoms with Gasteiger partial charge in [0.2, 0.25) is 5.91 Å². The minimum Gasteiger partial charge on any atom is -0.351 e. The van der Waals surface area contributed by atoms with Gasteiger partial charge in [0, 0.05) is 19.3 Å². The third kappa shape index (κ3) is 5.60. The van der Waals surface area contributed by atoms with Crippen LogP contribution in [0.3, 0.4) is 0 Å². The lowest BCUT2D eigenvalue weighted by molar-refractivity contribution is -0.124. The number of carbonyl (C=O) groups excluding carboxylic acids is 1. The molecule has 160 valence electrons. The van der Waals surface area contributed by atoms with Crippen LogP contribution in [0.25, 0.3) is 0 Å². The molecule has 2 saturated heterocycles. The summed E-state index contributed by atoms with van der Waals surface area (Å²) in [7, 11) is -3.48. The second-order valence-corrected chi connectivity index (χ2v) is 9.78. The Morgan fingerprint density at radius 1 is 1.11 bits per heavy atom. The van der Waals surface area contributed by atoms with Crippen molar-refractivity contribution in [3.05, 3.63) is 35.4 Å². The van der Waals surface area contributed by atoms with Crippen molar-refractivity contribution < 1.29 is 13.2 Å². The molecule has 1 amide bonds. The minimum absolute atomic E-state index is 0. The maximum absolute atomic E-state index is 12.9. The predicted octanol–water partition coefficient (Wildman–Crippen LogP) is 1.91. The molecule has 0 aliphatic carbocycles. The smallest absolute Gasteiger partial charge is 0.241 e. The number of sulfone groups is 1. The van der Waals surface area contributed by atoms with E-state index in [-0.39, 0.29) is 30.7 Å². The van der Waals surface area contributed by atoms with E-state index in [1.165, 1.54) is 24.7 Å². The van der Waals surface area contributed by atoms with Crippen molar-refractivity contribution >= 4 is 40.6 Å². The molecule has 2 N–H and O–H groups in total. The van der Waals surface area contributed by atoms with E-state index in [1.807, 2.05) is 18.2 Å². The lowest BCUT2D eigenvalue weighted by Crippen LogP contribution is -2.57. The Hall–Kier alpha value is -0.860. The van der Waals surface area contributed by atoms with Crippen LogP contribution in [0.15, 0.2) is 24.3 Å². The van der Waals surface area contributed by atoms with Crippen LogP contribution in [-0.4, -0.2) is 56.4 Å². The molecule has 1 aromatic rings. The molecule has 0 atom stereocenters. The molecule has 2 fully saturated rings. The Morgan fingerprint density at radius 2 is 1.68 bits per heavy atom. The molecule has 0 saturated carbocycles. The number of carbonyl (C=O) groups is 1. The van der Waals surface area contributed by atoms with Gasteiger partial charge in [-0.25, -0.2) is 8.42 Å². The normalized spacial score (nSPS) is 19.3. The van der Waals surface area contributed by atoms with Crippen LogP contribution < -0.4 is 10.6 Å². The number of hydrogen-bond donors (Lipinski definition) is 2. The highest BCUT2D eigenvalue weighted by molar-refractivity contribution is 7.92. The summed E-state index contributed by atoms with van der Waals surface area (Å²) in [4.78, 5) is 15.3. The van der Waals surface area contributed by atoms with Crippen LogP contribution in [0.5, 0.6) is 0 Å². The molecule has 2 aliphatic rings. The third-order valence-corrected chi connectivity index (χ3v) is 7.70. The van der Waals surface area contributed by atoms with Gasteiger partial charge >= 0.3 is 0 Å². The molecule has 28 heavy (non-hydrogen) atoms. The molecule has 6 nitrogen and oxygen atoms in total. The number of amides is 1. The zero-order chi connectivity index (χ0) is 18.6. The van der Waals surface area contributed by atoms with Gasteiger partial charge < -0.3 is 10.6 Å². The molecule has 2 aliphatic heterocycles. The van der Waals surface area contributed by atoms with Crippen LogP contribution >= 0.6 is 24.8 Å². The molecule has 3 rings (SSSR count). The van der Waals surface area contributed by atoms with Gasteiger partial charge in [-0.3, -0.25) is 9.69 Å². The fourth-order valence-electron chi connectivity index (χ4n) is 4.00. The van der Waals surface area contributed by atoms with Gasteiger partial charge in [0.1, 0.15) is 0 Å². The molecule has 2 heterocycles. The highest BCUT2D eigenvalue weighted by Gasteiger charge is 2.48. The van der Waals surface area contributed by atoms with Crippen LogP contribution in [0.2, 0.25) is 0 Å². The van der Waals surface area contributed by atoms with Crippen LogP contribution in [-0.2, 0) is 27.7 Å². The van der Waals surface area contributed by atoms with E-state index in [0.29, 0.717) is 32.5 Å². The number of halogens is 2. The van der Waals surface area contributed by atoms with E-state index in [1.54, 1.807) is 0 Å². The van der Waals surface area contributed by atoms with Gasteiger partial charge in [0.15, 0.2) is 14.6 Å². The molecular formula is C19H31Cl2N3O3S. The maximum Gasteiger partial charge on any atom is 0.241 e. The summed E-state index contributed by atoms with van der Waals surface area (Å²) in [6, 6.07) is 8.09. The molecule has 0 unspecified atom stereocenters. The van der Waals surface area contributed by atoms with E-state index >= 15 is 0 Å². The van der Waals surface area contributed by atoms with Crippen molar-refractivity contribution in [1.82, 2.24) is 15.5 Å². The lowest BCUT2D eigenvalue weighted by Gasteiger charge is -2.34. The fourth-order valence-corrected chi connectivity index (χ4v) is 5.35. The lowest BCUT2D eigenvalue weighted by atomic mass is 9.95. The highest BCUT2D eigenvalue weighted by Crippen LogP contribution is 2.28. The monoisotopic (exact) mass is 451 g/mol. The van der Waals surface area contributed by atoms with Gasteiger partial charge in [-0.1, -0.05) is 24.3 Å². The molecule has 0 aromatic heterocycles. The summed E-state index contributed by atoms with van der Waals surface area (Å²) in [6.07, 6.45) is 4.31. The van der Waals surface area contributed by atoms with Crippen molar-refractivity contribution in [3.8, 4) is 0 Å². The number of piperidine rings is 1. The zero-order valence-corrected chi connectivity index (χ0v) is 18.7. The number of nitrogens with one attached hydrogen (secondary N) is 2. The number of benzene rings is 1. The van der Waals surface area contributed by atoms with Crippen molar-refractivity contribution in [2.75, 3.05) is 32.4 Å². The summed E-state index contributed by atoms with van der Waals surface area (Å²) >= 11 is 0. The Bertz CT molecular complexity index is 747. The van der Waals surface area contributed by atoms with Crippen molar-refractivity contribution in [2.24, 2.45) is 0 Å². The van der Waals surface area contributed by atoms with E-state index in [9.17, 15) is 13.2 Å². The van der Waals surface area contributed by atoms with Crippen molar-refractivity contribution in [3.63, 3.8) is 0 Å². The predicted molar refractivity (Wildman–Crippen MR) is 117 cm³/mol. The van der Waals surface area contributed by atoms with Crippen LogP contribution in [0.1, 0.15) is 36.8 Å². The first-order valence-electron chi connectivity index (χ1n) is 9.40. The fraction of sp³-hybridized carbons (Fsp3) is 0.632. The minimum atomic E-state index is -3.48. The summed E-state index contributed by atoms with van der Waals surface area (Å²) in [5.41, 5.74) is 2.26. The standard InChI is InChI=1S/C19H29N3O3S.2ClH/c1-26(24,25)19(8-10-20-11-9-19)18(23)21-14-16-6-2-3-7-17(16)15-22-12-4-5-13-22;;/h2-3,6-7,20H,4-5,8-15H2,1H3,(H,21,23);2*1H. The second kappa shape index (κ2) is 10.8. The Kier molecular flexibility index (Phi) is 9.70. The van der Waals surface area contributed by atoms with Gasteiger partial charge in [-0.15, -0.1) is 24.8 Å². The van der Waals surface area contributed by atoms with Gasteiger partial charge in [0.25, 0.3) is 0 Å². The summed E-state index contributed by atoms with van der Waals surface area (Å²) in [6.45, 7) is 4.58. The van der Waals surface area contributed by atoms with E-state index in [4.69, 9.17) is 0 Å². The largest absolute Gasteiger partial charge is 0.351 e. The first kappa shape index (κ1) is 25.2. The Balaban J connectivity index is 0.00000196. The molecule has 0 spiro atoms. The van der Waals surface area contributed by atoms with Crippen LogP contribution in [0, 0.1) is 0 Å². The molecular weight excluding hydrogens is 421 g/mol. The number of nitrogens with zero attached hydrogens (tertiary/aromatic N) is 1. The first-order chi connectivity index (χ1) is 12.4. The average Bonchev–Trinajstić information content (AvgIpc) is 3.13. The second-order valence-electron chi connectivity index (χ2n) is 7.45. The Labute approximate surface area is 180 Å². The zero-order valence-electron chi connectivity index (χ0n) is 16.3.